The van der Waals surface area contributed by atoms with E-state index in [0.717, 1.165) is 33.8 Å². The summed E-state index contributed by atoms with van der Waals surface area (Å²) in [6.45, 7) is 7.10. The standard InChI is InChI=1S/C23H26N4O3S/c1-4-27-23(30)18-8-6-5-7-17(18)19(25-27)13-20(29)26-11-9-16(10-12-26)22-24-14(2)21(31-22)15(3)28/h5-8,16H,4,9-13H2,1-3H3. The van der Waals surface area contributed by atoms with E-state index in [1.807, 2.05) is 36.9 Å². The van der Waals surface area contributed by atoms with E-state index in [9.17, 15) is 14.4 Å². The lowest BCUT2D eigenvalue weighted by Crippen LogP contribution is -2.39. The molecule has 0 saturated carbocycles. The van der Waals surface area contributed by atoms with Crippen molar-refractivity contribution in [2.45, 2.75) is 52.5 Å². The summed E-state index contributed by atoms with van der Waals surface area (Å²) in [6.07, 6.45) is 1.84. The second-order valence-electron chi connectivity index (χ2n) is 7.97. The van der Waals surface area contributed by atoms with E-state index >= 15 is 0 Å². The molecular weight excluding hydrogens is 412 g/mol. The van der Waals surface area contributed by atoms with Gasteiger partial charge in [0.25, 0.3) is 5.56 Å². The predicted molar refractivity (Wildman–Crippen MR) is 121 cm³/mol. The van der Waals surface area contributed by atoms with Crippen LogP contribution < -0.4 is 5.56 Å². The predicted octanol–water partition coefficient (Wildman–Crippen LogP) is 3.33. The minimum Gasteiger partial charge on any atom is -0.342 e. The van der Waals surface area contributed by atoms with Crippen molar-refractivity contribution in [2.24, 2.45) is 0 Å². The molecule has 0 unspecified atom stereocenters. The van der Waals surface area contributed by atoms with Crippen molar-refractivity contribution < 1.29 is 9.59 Å². The molecule has 1 fully saturated rings. The Morgan fingerprint density at radius 3 is 2.45 bits per heavy atom. The number of likely N-dealkylation sites (tertiary alicyclic amines) is 1. The van der Waals surface area contributed by atoms with Crippen LogP contribution in [0.5, 0.6) is 0 Å². The first kappa shape index (κ1) is 21.4. The highest BCUT2D eigenvalue weighted by atomic mass is 32.1. The molecule has 7 nitrogen and oxygen atoms in total. The van der Waals surface area contributed by atoms with Crippen LogP contribution in [0.3, 0.4) is 0 Å². The van der Waals surface area contributed by atoms with Crippen molar-refractivity contribution in [1.82, 2.24) is 19.7 Å². The number of fused-ring (bicyclic) bond motifs is 1. The first-order chi connectivity index (χ1) is 14.9. The Labute approximate surface area is 184 Å². The van der Waals surface area contributed by atoms with E-state index in [-0.39, 0.29) is 29.6 Å². The molecular formula is C23H26N4O3S. The molecule has 1 saturated heterocycles. The van der Waals surface area contributed by atoms with Crippen LogP contribution in [0, 0.1) is 6.92 Å². The van der Waals surface area contributed by atoms with Gasteiger partial charge in [0.2, 0.25) is 5.91 Å². The number of amides is 1. The Balaban J connectivity index is 1.48. The summed E-state index contributed by atoms with van der Waals surface area (Å²) < 4.78 is 1.43. The van der Waals surface area contributed by atoms with E-state index in [2.05, 4.69) is 10.1 Å². The summed E-state index contributed by atoms with van der Waals surface area (Å²) in [5, 5.41) is 6.80. The highest BCUT2D eigenvalue weighted by Gasteiger charge is 2.27. The number of rotatable bonds is 5. The second-order valence-corrected chi connectivity index (χ2v) is 9.00. The maximum absolute atomic E-state index is 13.0. The lowest BCUT2D eigenvalue weighted by atomic mass is 9.97. The number of benzene rings is 1. The highest BCUT2D eigenvalue weighted by Crippen LogP contribution is 2.33. The fraction of sp³-hybridized carbons (Fsp3) is 0.435. The van der Waals surface area contributed by atoms with Crippen LogP contribution in [0.15, 0.2) is 29.1 Å². The van der Waals surface area contributed by atoms with Crippen LogP contribution in [0.1, 0.15) is 58.7 Å². The van der Waals surface area contributed by atoms with Crippen LogP contribution in [-0.4, -0.2) is 44.4 Å². The summed E-state index contributed by atoms with van der Waals surface area (Å²) in [6, 6.07) is 7.34. The molecule has 3 heterocycles. The molecule has 1 amide bonds. The molecule has 2 aromatic heterocycles. The summed E-state index contributed by atoms with van der Waals surface area (Å²) in [4.78, 5) is 44.5. The maximum Gasteiger partial charge on any atom is 0.274 e. The minimum absolute atomic E-state index is 0.0251. The molecule has 0 bridgehead atoms. The Morgan fingerprint density at radius 2 is 1.84 bits per heavy atom. The average molecular weight is 439 g/mol. The Kier molecular flexibility index (Phi) is 6.00. The maximum atomic E-state index is 13.0. The number of thiazole rings is 1. The number of piperidine rings is 1. The zero-order chi connectivity index (χ0) is 22.1. The molecule has 0 aliphatic carbocycles. The lowest BCUT2D eigenvalue weighted by molar-refractivity contribution is -0.131. The monoisotopic (exact) mass is 438 g/mol. The lowest BCUT2D eigenvalue weighted by Gasteiger charge is -2.31. The van der Waals surface area contributed by atoms with E-state index in [1.165, 1.54) is 16.0 Å². The zero-order valence-corrected chi connectivity index (χ0v) is 18.9. The van der Waals surface area contributed by atoms with Crippen LogP contribution in [0.2, 0.25) is 0 Å². The topological polar surface area (TPSA) is 85.2 Å². The first-order valence-corrected chi connectivity index (χ1v) is 11.5. The zero-order valence-electron chi connectivity index (χ0n) is 18.1. The largest absolute Gasteiger partial charge is 0.342 e. The summed E-state index contributed by atoms with van der Waals surface area (Å²) in [5.41, 5.74) is 1.32. The van der Waals surface area contributed by atoms with Crippen molar-refractivity contribution >= 4 is 33.8 Å². The number of ketones is 1. The summed E-state index contributed by atoms with van der Waals surface area (Å²) in [5.74, 6) is 0.362. The quantitative estimate of drug-likeness (QED) is 0.571. The molecule has 8 heteroatoms. The smallest absolute Gasteiger partial charge is 0.274 e. The number of aryl methyl sites for hydroxylation is 2. The van der Waals surface area contributed by atoms with E-state index in [4.69, 9.17) is 0 Å². The summed E-state index contributed by atoms with van der Waals surface area (Å²) in [7, 11) is 0. The Bertz CT molecular complexity index is 1210. The number of hydrogen-bond donors (Lipinski definition) is 0. The molecule has 31 heavy (non-hydrogen) atoms. The van der Waals surface area contributed by atoms with Gasteiger partial charge in [-0.15, -0.1) is 11.3 Å². The third-order valence-electron chi connectivity index (χ3n) is 5.89. The summed E-state index contributed by atoms with van der Waals surface area (Å²) >= 11 is 1.49. The number of nitrogens with zero attached hydrogens (tertiary/aromatic N) is 4. The van der Waals surface area contributed by atoms with Gasteiger partial charge in [-0.05, 0) is 32.8 Å². The van der Waals surface area contributed by atoms with Gasteiger partial charge in [-0.1, -0.05) is 18.2 Å². The van der Waals surface area contributed by atoms with Crippen LogP contribution in [0.25, 0.3) is 10.8 Å². The van der Waals surface area contributed by atoms with Crippen molar-refractivity contribution in [3.8, 4) is 0 Å². The average Bonchev–Trinajstić information content (AvgIpc) is 3.17. The van der Waals surface area contributed by atoms with Gasteiger partial charge < -0.3 is 4.90 Å². The third-order valence-corrected chi connectivity index (χ3v) is 7.31. The van der Waals surface area contributed by atoms with Crippen LogP contribution in [-0.2, 0) is 17.8 Å². The molecule has 1 aromatic carbocycles. The fourth-order valence-electron chi connectivity index (χ4n) is 4.20. The van der Waals surface area contributed by atoms with Crippen LogP contribution >= 0.6 is 11.3 Å². The van der Waals surface area contributed by atoms with Gasteiger partial charge in [0.1, 0.15) is 0 Å². The third kappa shape index (κ3) is 4.17. The molecule has 4 rings (SSSR count). The highest BCUT2D eigenvalue weighted by molar-refractivity contribution is 7.13. The van der Waals surface area contributed by atoms with Gasteiger partial charge in [0.15, 0.2) is 5.78 Å². The molecule has 3 aromatic rings. The minimum atomic E-state index is -0.126. The van der Waals surface area contributed by atoms with Gasteiger partial charge in [-0.25, -0.2) is 9.67 Å². The number of aromatic nitrogens is 3. The first-order valence-electron chi connectivity index (χ1n) is 10.6. The molecule has 1 aliphatic rings. The number of carbonyl (C=O) groups excluding carboxylic acids is 2. The molecule has 0 atom stereocenters. The molecule has 1 aliphatic heterocycles. The molecule has 0 N–H and O–H groups in total. The Hall–Kier alpha value is -2.87. The van der Waals surface area contributed by atoms with Gasteiger partial charge in [0.05, 0.1) is 33.1 Å². The second kappa shape index (κ2) is 8.70. The molecule has 0 radical (unpaired) electrons. The van der Waals surface area contributed by atoms with E-state index in [0.29, 0.717) is 30.7 Å². The number of carbonyl (C=O) groups is 2. The SMILES string of the molecule is CCn1nc(CC(=O)N2CCC(c3nc(C)c(C(C)=O)s3)CC2)c2ccccc2c1=O. The van der Waals surface area contributed by atoms with E-state index < -0.39 is 0 Å². The van der Waals surface area contributed by atoms with Crippen molar-refractivity contribution in [2.75, 3.05) is 13.1 Å². The fourth-order valence-corrected chi connectivity index (χ4v) is 5.33. The van der Waals surface area contributed by atoms with Gasteiger partial charge >= 0.3 is 0 Å². The van der Waals surface area contributed by atoms with Gasteiger partial charge in [-0.2, -0.15) is 5.10 Å². The van der Waals surface area contributed by atoms with Crippen LogP contribution in [0.4, 0.5) is 0 Å². The number of Topliss-reactive ketones (excluding diaryl/α,β-unsaturated/α-hetero) is 1. The van der Waals surface area contributed by atoms with Gasteiger partial charge in [-0.3, -0.25) is 14.4 Å². The molecule has 162 valence electrons. The Morgan fingerprint density at radius 1 is 1.16 bits per heavy atom. The normalized spacial score (nSPS) is 14.9. The van der Waals surface area contributed by atoms with Gasteiger partial charge in [0, 0.05) is 37.9 Å². The number of hydrogen-bond acceptors (Lipinski definition) is 6. The van der Waals surface area contributed by atoms with E-state index in [1.54, 1.807) is 13.0 Å². The molecule has 0 spiro atoms. The van der Waals surface area contributed by atoms with Crippen molar-refractivity contribution in [3.05, 3.63) is 55.9 Å². The van der Waals surface area contributed by atoms with Crippen molar-refractivity contribution in [1.29, 1.82) is 0 Å². The van der Waals surface area contributed by atoms with Crippen molar-refractivity contribution in [3.63, 3.8) is 0 Å².